The molecule has 0 heterocycles. The van der Waals surface area contributed by atoms with Crippen molar-refractivity contribution in [3.8, 4) is 0 Å². The van der Waals surface area contributed by atoms with Gasteiger partial charge in [0.1, 0.15) is 0 Å². The van der Waals surface area contributed by atoms with Gasteiger partial charge in [0.2, 0.25) is 0 Å². The van der Waals surface area contributed by atoms with Gasteiger partial charge in [-0.05, 0) is 32.0 Å². The van der Waals surface area contributed by atoms with E-state index in [0.717, 1.165) is 13.0 Å². The Morgan fingerprint density at radius 1 is 1.41 bits per heavy atom. The van der Waals surface area contributed by atoms with E-state index in [-0.39, 0.29) is 0 Å². The fourth-order valence-corrected chi connectivity index (χ4v) is 2.20. The monoisotopic (exact) mass is 232 g/mol. The van der Waals surface area contributed by atoms with Gasteiger partial charge in [-0.25, -0.2) is 0 Å². The summed E-state index contributed by atoms with van der Waals surface area (Å²) in [6.07, 6.45) is 1.09. The largest absolute Gasteiger partial charge is 0.370 e. The van der Waals surface area contributed by atoms with Gasteiger partial charge in [0, 0.05) is 25.3 Å². The van der Waals surface area contributed by atoms with Gasteiger partial charge in [0.15, 0.2) is 0 Å². The van der Waals surface area contributed by atoms with Crippen LogP contribution < -0.4 is 10.2 Å². The Labute approximate surface area is 105 Å². The molecule has 1 N–H and O–H groups in total. The summed E-state index contributed by atoms with van der Waals surface area (Å²) in [5, 5.41) is 3.37. The van der Waals surface area contributed by atoms with Crippen LogP contribution >= 0.6 is 0 Å². The number of para-hydroxylation sites is 1. The fraction of sp³-hybridized carbons (Fsp3) is 0.467. The Balaban J connectivity index is 3.02. The molecule has 0 saturated heterocycles. The van der Waals surface area contributed by atoms with Crippen LogP contribution in [0.4, 0.5) is 5.69 Å². The summed E-state index contributed by atoms with van der Waals surface area (Å²) in [5.74, 6) is 0. The summed E-state index contributed by atoms with van der Waals surface area (Å²) >= 11 is 0. The van der Waals surface area contributed by atoms with E-state index in [4.69, 9.17) is 0 Å². The molecular weight excluding hydrogens is 208 g/mol. The maximum Gasteiger partial charge on any atom is 0.0415 e. The molecule has 0 spiro atoms. The summed E-state index contributed by atoms with van der Waals surface area (Å²) in [7, 11) is 4.14. The second-order valence-electron chi connectivity index (χ2n) is 4.62. The van der Waals surface area contributed by atoms with Gasteiger partial charge in [-0.1, -0.05) is 37.3 Å². The van der Waals surface area contributed by atoms with E-state index < -0.39 is 0 Å². The molecule has 0 radical (unpaired) electrons. The van der Waals surface area contributed by atoms with Crippen molar-refractivity contribution < 1.29 is 0 Å². The number of rotatable bonds is 6. The van der Waals surface area contributed by atoms with Crippen molar-refractivity contribution >= 4 is 5.69 Å². The van der Waals surface area contributed by atoms with Crippen LogP contribution in [0.15, 0.2) is 36.4 Å². The molecule has 17 heavy (non-hydrogen) atoms. The lowest BCUT2D eigenvalue weighted by atomic mass is 10.0. The maximum atomic E-state index is 3.98. The summed E-state index contributed by atoms with van der Waals surface area (Å²) in [4.78, 5) is 2.26. The molecule has 2 heteroatoms. The van der Waals surface area contributed by atoms with Crippen molar-refractivity contribution in [3.05, 3.63) is 42.0 Å². The van der Waals surface area contributed by atoms with Crippen LogP contribution in [0, 0.1) is 0 Å². The number of nitrogens with one attached hydrogen (secondary N) is 1. The van der Waals surface area contributed by atoms with Gasteiger partial charge in [-0.2, -0.15) is 0 Å². The molecule has 0 aromatic heterocycles. The van der Waals surface area contributed by atoms with Crippen molar-refractivity contribution in [1.29, 1.82) is 0 Å². The van der Waals surface area contributed by atoms with Crippen LogP contribution in [-0.4, -0.2) is 20.6 Å². The lowest BCUT2D eigenvalue weighted by molar-refractivity contribution is 0.576. The first-order valence-electron chi connectivity index (χ1n) is 6.21. The zero-order chi connectivity index (χ0) is 12.8. The van der Waals surface area contributed by atoms with Gasteiger partial charge >= 0.3 is 0 Å². The fourth-order valence-electron chi connectivity index (χ4n) is 2.20. The van der Waals surface area contributed by atoms with E-state index in [1.807, 2.05) is 7.05 Å². The Morgan fingerprint density at radius 2 is 2.06 bits per heavy atom. The molecule has 0 aliphatic carbocycles. The standard InChI is InChI=1S/C15H24N2/c1-6-14(16-4)13-9-7-8-10-15(13)17(5)11-12(2)3/h7-10,14,16H,2,6,11H2,1,3-5H3. The molecule has 1 unspecified atom stereocenters. The first kappa shape index (κ1) is 13.8. The molecule has 94 valence electrons. The van der Waals surface area contributed by atoms with Gasteiger partial charge in [-0.3, -0.25) is 0 Å². The second kappa shape index (κ2) is 6.45. The molecule has 0 fully saturated rings. The molecule has 0 bridgehead atoms. The molecule has 1 aromatic carbocycles. The number of hydrogen-bond donors (Lipinski definition) is 1. The average Bonchev–Trinajstić information content (AvgIpc) is 2.30. The summed E-state index contributed by atoms with van der Waals surface area (Å²) in [6.45, 7) is 9.15. The molecular formula is C15H24N2. The van der Waals surface area contributed by atoms with Gasteiger partial charge in [0.25, 0.3) is 0 Å². The van der Waals surface area contributed by atoms with Gasteiger partial charge in [0.05, 0.1) is 0 Å². The number of anilines is 1. The van der Waals surface area contributed by atoms with Crippen molar-refractivity contribution in [1.82, 2.24) is 5.32 Å². The maximum absolute atomic E-state index is 3.98. The highest BCUT2D eigenvalue weighted by Crippen LogP contribution is 2.27. The lowest BCUT2D eigenvalue weighted by Gasteiger charge is -2.26. The first-order chi connectivity index (χ1) is 8.10. The van der Waals surface area contributed by atoms with E-state index in [1.165, 1.54) is 16.8 Å². The number of likely N-dealkylation sites (N-methyl/N-ethyl adjacent to an activating group) is 1. The third-order valence-electron chi connectivity index (χ3n) is 2.99. The highest BCUT2D eigenvalue weighted by molar-refractivity contribution is 5.55. The Morgan fingerprint density at radius 3 is 2.59 bits per heavy atom. The van der Waals surface area contributed by atoms with Gasteiger partial charge in [-0.15, -0.1) is 0 Å². The predicted octanol–water partition coefficient (Wildman–Crippen LogP) is 3.37. The Kier molecular flexibility index (Phi) is 5.23. The number of hydrogen-bond acceptors (Lipinski definition) is 2. The van der Waals surface area contributed by atoms with Crippen LogP contribution in [0.5, 0.6) is 0 Å². The SMILES string of the molecule is C=C(C)CN(C)c1ccccc1C(CC)NC. The van der Waals surface area contributed by atoms with Crippen LogP contribution in [0.2, 0.25) is 0 Å². The van der Waals surface area contributed by atoms with Crippen LogP contribution in [-0.2, 0) is 0 Å². The van der Waals surface area contributed by atoms with Crippen molar-refractivity contribution in [2.24, 2.45) is 0 Å². The van der Waals surface area contributed by atoms with Gasteiger partial charge < -0.3 is 10.2 Å². The number of benzene rings is 1. The lowest BCUT2D eigenvalue weighted by Crippen LogP contribution is -2.24. The average molecular weight is 232 g/mol. The molecule has 0 aliphatic heterocycles. The summed E-state index contributed by atoms with van der Waals surface area (Å²) in [5.41, 5.74) is 3.83. The van der Waals surface area contributed by atoms with Crippen molar-refractivity contribution in [2.75, 3.05) is 25.5 Å². The Hall–Kier alpha value is -1.28. The smallest absolute Gasteiger partial charge is 0.0415 e. The minimum atomic E-state index is 0.416. The molecule has 1 atom stereocenters. The van der Waals surface area contributed by atoms with E-state index in [1.54, 1.807) is 0 Å². The molecule has 0 saturated carbocycles. The van der Waals surface area contributed by atoms with E-state index in [0.29, 0.717) is 6.04 Å². The minimum Gasteiger partial charge on any atom is -0.370 e. The predicted molar refractivity (Wildman–Crippen MR) is 76.6 cm³/mol. The highest BCUT2D eigenvalue weighted by atomic mass is 15.1. The second-order valence-corrected chi connectivity index (χ2v) is 4.62. The zero-order valence-electron chi connectivity index (χ0n) is 11.5. The quantitative estimate of drug-likeness (QED) is 0.757. The molecule has 1 rings (SSSR count). The first-order valence-corrected chi connectivity index (χ1v) is 6.21. The van der Waals surface area contributed by atoms with Crippen LogP contribution in [0.1, 0.15) is 31.9 Å². The molecule has 0 amide bonds. The molecule has 1 aromatic rings. The normalized spacial score (nSPS) is 12.2. The zero-order valence-corrected chi connectivity index (χ0v) is 11.5. The Bertz CT molecular complexity index is 367. The number of nitrogens with zero attached hydrogens (tertiary/aromatic N) is 1. The van der Waals surface area contributed by atoms with Crippen molar-refractivity contribution in [3.63, 3.8) is 0 Å². The van der Waals surface area contributed by atoms with Crippen LogP contribution in [0.3, 0.4) is 0 Å². The summed E-state index contributed by atoms with van der Waals surface area (Å²) in [6, 6.07) is 9.00. The third kappa shape index (κ3) is 3.60. The van der Waals surface area contributed by atoms with Crippen molar-refractivity contribution in [2.45, 2.75) is 26.3 Å². The highest BCUT2D eigenvalue weighted by Gasteiger charge is 2.13. The molecule has 0 aliphatic rings. The van der Waals surface area contributed by atoms with E-state index in [9.17, 15) is 0 Å². The summed E-state index contributed by atoms with van der Waals surface area (Å²) < 4.78 is 0. The third-order valence-corrected chi connectivity index (χ3v) is 2.99. The minimum absolute atomic E-state index is 0.416. The van der Waals surface area contributed by atoms with Crippen LogP contribution in [0.25, 0.3) is 0 Å². The molecule has 2 nitrogen and oxygen atoms in total. The van der Waals surface area contributed by atoms with E-state index in [2.05, 4.69) is 62.0 Å². The topological polar surface area (TPSA) is 15.3 Å². The van der Waals surface area contributed by atoms with E-state index >= 15 is 0 Å².